The zero-order chi connectivity index (χ0) is 20.5. The first-order valence-electron chi connectivity index (χ1n) is 9.31. The second-order valence-corrected chi connectivity index (χ2v) is 6.46. The van der Waals surface area contributed by atoms with Crippen LogP contribution < -0.4 is 15.5 Å². The van der Waals surface area contributed by atoms with Gasteiger partial charge in [-0.3, -0.25) is 9.59 Å². The number of rotatable bonds is 7. The first-order valence-corrected chi connectivity index (χ1v) is 9.31. The lowest BCUT2D eigenvalue weighted by atomic mass is 10.2. The van der Waals surface area contributed by atoms with Gasteiger partial charge in [-0.1, -0.05) is 30.3 Å². The summed E-state index contributed by atoms with van der Waals surface area (Å²) in [6, 6.07) is 13.3. The number of para-hydroxylation sites is 1. The Labute approximate surface area is 167 Å². The fraction of sp³-hybridized carbons (Fsp3) is 0.286. The molecule has 2 N–H and O–H groups in total. The van der Waals surface area contributed by atoms with Gasteiger partial charge in [0, 0.05) is 24.3 Å². The molecule has 2 aromatic rings. The molecule has 29 heavy (non-hydrogen) atoms. The van der Waals surface area contributed by atoms with Crippen LogP contribution in [0.2, 0.25) is 0 Å². The summed E-state index contributed by atoms with van der Waals surface area (Å²) in [5.74, 6) is -1.53. The fourth-order valence-electron chi connectivity index (χ4n) is 2.79. The van der Waals surface area contributed by atoms with E-state index in [1.807, 2.05) is 0 Å². The number of halogens is 1. The molecular weight excluding hydrogens is 377 g/mol. The SMILES string of the molecule is O=C(NC[C@H]1CCCO1)C(=O)N/N=C\c1ccccc1OCc1ccccc1F. The third-order valence-corrected chi connectivity index (χ3v) is 4.35. The smallest absolute Gasteiger partial charge is 0.329 e. The van der Waals surface area contributed by atoms with Crippen molar-refractivity contribution >= 4 is 18.0 Å². The molecule has 3 rings (SSSR count). The Morgan fingerprint density at radius 1 is 1.17 bits per heavy atom. The van der Waals surface area contributed by atoms with Crippen molar-refractivity contribution in [1.82, 2.24) is 10.7 Å². The van der Waals surface area contributed by atoms with Crippen LogP contribution in [0.5, 0.6) is 5.75 Å². The Bertz CT molecular complexity index is 882. The molecule has 0 saturated carbocycles. The van der Waals surface area contributed by atoms with Crippen LogP contribution in [0.4, 0.5) is 4.39 Å². The highest BCUT2D eigenvalue weighted by molar-refractivity contribution is 6.35. The van der Waals surface area contributed by atoms with E-state index in [2.05, 4.69) is 15.8 Å². The Balaban J connectivity index is 1.51. The lowest BCUT2D eigenvalue weighted by Gasteiger charge is -2.10. The maximum absolute atomic E-state index is 13.7. The largest absolute Gasteiger partial charge is 0.488 e. The van der Waals surface area contributed by atoms with Gasteiger partial charge in [-0.25, -0.2) is 9.82 Å². The maximum Gasteiger partial charge on any atom is 0.329 e. The van der Waals surface area contributed by atoms with Crippen LogP contribution in [0.3, 0.4) is 0 Å². The van der Waals surface area contributed by atoms with E-state index in [1.54, 1.807) is 42.5 Å². The monoisotopic (exact) mass is 399 g/mol. The van der Waals surface area contributed by atoms with E-state index in [0.29, 0.717) is 30.0 Å². The minimum atomic E-state index is -0.871. The fourth-order valence-corrected chi connectivity index (χ4v) is 2.79. The molecule has 0 aromatic heterocycles. The number of carbonyl (C=O) groups is 2. The van der Waals surface area contributed by atoms with Gasteiger partial charge in [-0.05, 0) is 31.0 Å². The molecule has 1 atom stereocenters. The van der Waals surface area contributed by atoms with Gasteiger partial charge < -0.3 is 14.8 Å². The summed E-state index contributed by atoms with van der Waals surface area (Å²) in [4.78, 5) is 23.6. The molecule has 0 bridgehead atoms. The molecule has 7 nitrogen and oxygen atoms in total. The summed E-state index contributed by atoms with van der Waals surface area (Å²) in [6.07, 6.45) is 3.13. The molecule has 152 valence electrons. The van der Waals surface area contributed by atoms with Crippen molar-refractivity contribution in [2.45, 2.75) is 25.6 Å². The molecule has 0 radical (unpaired) electrons. The van der Waals surface area contributed by atoms with Crippen LogP contribution >= 0.6 is 0 Å². The van der Waals surface area contributed by atoms with Crippen LogP contribution in [0.1, 0.15) is 24.0 Å². The van der Waals surface area contributed by atoms with Crippen molar-refractivity contribution in [3.8, 4) is 5.75 Å². The number of hydrogen-bond acceptors (Lipinski definition) is 5. The molecule has 0 aliphatic carbocycles. The average molecular weight is 399 g/mol. The van der Waals surface area contributed by atoms with Crippen LogP contribution in [-0.4, -0.2) is 37.3 Å². The first-order chi connectivity index (χ1) is 14.1. The topological polar surface area (TPSA) is 89.0 Å². The number of ether oxygens (including phenoxy) is 2. The van der Waals surface area contributed by atoms with Crippen molar-refractivity contribution in [2.24, 2.45) is 5.10 Å². The summed E-state index contributed by atoms with van der Waals surface area (Å²) in [5, 5.41) is 6.32. The third-order valence-electron chi connectivity index (χ3n) is 4.35. The second-order valence-electron chi connectivity index (χ2n) is 6.46. The number of carbonyl (C=O) groups excluding carboxylic acids is 2. The molecule has 0 spiro atoms. The normalized spacial score (nSPS) is 16.0. The Hall–Kier alpha value is -3.26. The number of benzene rings is 2. The molecule has 8 heteroatoms. The minimum Gasteiger partial charge on any atom is -0.488 e. The van der Waals surface area contributed by atoms with Gasteiger partial charge in [0.25, 0.3) is 0 Å². The predicted molar refractivity (Wildman–Crippen MR) is 105 cm³/mol. The zero-order valence-corrected chi connectivity index (χ0v) is 15.8. The van der Waals surface area contributed by atoms with Gasteiger partial charge >= 0.3 is 11.8 Å². The molecule has 1 aliphatic heterocycles. The van der Waals surface area contributed by atoms with Crippen molar-refractivity contribution in [2.75, 3.05) is 13.2 Å². The highest BCUT2D eigenvalue weighted by atomic mass is 19.1. The standard InChI is InChI=1S/C21H22FN3O4/c22-18-9-3-1-7-16(18)14-29-19-10-4-2-6-15(19)12-24-25-21(27)20(26)23-13-17-8-5-11-28-17/h1-4,6-7,9-10,12,17H,5,8,11,13-14H2,(H,23,26)(H,25,27)/b24-12-/t17-/m1/s1. The Kier molecular flexibility index (Phi) is 7.29. The minimum absolute atomic E-state index is 0.0475. The van der Waals surface area contributed by atoms with Gasteiger partial charge in [0.1, 0.15) is 18.2 Å². The third kappa shape index (κ3) is 6.11. The zero-order valence-electron chi connectivity index (χ0n) is 15.8. The predicted octanol–water partition coefficient (Wildman–Crippen LogP) is 2.15. The quantitative estimate of drug-likeness (QED) is 0.424. The number of nitrogens with zero attached hydrogens (tertiary/aromatic N) is 1. The molecule has 1 heterocycles. The molecule has 1 saturated heterocycles. The van der Waals surface area contributed by atoms with Gasteiger partial charge in [-0.2, -0.15) is 5.10 Å². The van der Waals surface area contributed by atoms with Gasteiger partial charge in [0.15, 0.2) is 0 Å². The van der Waals surface area contributed by atoms with Crippen molar-refractivity contribution in [3.63, 3.8) is 0 Å². The van der Waals surface area contributed by atoms with E-state index in [9.17, 15) is 14.0 Å². The molecule has 2 aromatic carbocycles. The highest BCUT2D eigenvalue weighted by Gasteiger charge is 2.19. The number of hydrazone groups is 1. The van der Waals surface area contributed by atoms with Crippen LogP contribution in [0, 0.1) is 5.82 Å². The summed E-state index contributed by atoms with van der Waals surface area (Å²) >= 11 is 0. The lowest BCUT2D eigenvalue weighted by Crippen LogP contribution is -2.41. The van der Waals surface area contributed by atoms with Gasteiger partial charge in [-0.15, -0.1) is 0 Å². The maximum atomic E-state index is 13.7. The first kappa shape index (κ1) is 20.5. The van der Waals surface area contributed by atoms with E-state index < -0.39 is 11.8 Å². The van der Waals surface area contributed by atoms with E-state index in [0.717, 1.165) is 12.8 Å². The average Bonchev–Trinajstić information content (AvgIpc) is 3.26. The molecular formula is C21H22FN3O4. The van der Waals surface area contributed by atoms with Crippen molar-refractivity contribution in [1.29, 1.82) is 0 Å². The molecule has 2 amide bonds. The molecule has 1 fully saturated rings. The number of hydrogen-bond donors (Lipinski definition) is 2. The highest BCUT2D eigenvalue weighted by Crippen LogP contribution is 2.18. The van der Waals surface area contributed by atoms with Crippen molar-refractivity contribution < 1.29 is 23.5 Å². The van der Waals surface area contributed by atoms with Crippen LogP contribution in [0.25, 0.3) is 0 Å². The Morgan fingerprint density at radius 2 is 1.97 bits per heavy atom. The number of amides is 2. The van der Waals surface area contributed by atoms with Gasteiger partial charge in [0.2, 0.25) is 0 Å². The molecule has 0 unspecified atom stereocenters. The lowest BCUT2D eigenvalue weighted by molar-refractivity contribution is -0.139. The van der Waals surface area contributed by atoms with Gasteiger partial charge in [0.05, 0.1) is 12.3 Å². The van der Waals surface area contributed by atoms with Crippen LogP contribution in [0.15, 0.2) is 53.6 Å². The summed E-state index contributed by atoms with van der Waals surface area (Å²) in [5.41, 5.74) is 3.18. The molecule has 1 aliphatic rings. The van der Waals surface area contributed by atoms with E-state index in [-0.39, 0.29) is 18.5 Å². The Morgan fingerprint density at radius 3 is 2.76 bits per heavy atom. The number of nitrogens with one attached hydrogen (secondary N) is 2. The van der Waals surface area contributed by atoms with Crippen LogP contribution in [-0.2, 0) is 20.9 Å². The summed E-state index contributed by atoms with van der Waals surface area (Å²) < 4.78 is 24.8. The van der Waals surface area contributed by atoms with E-state index in [4.69, 9.17) is 9.47 Å². The second kappa shape index (κ2) is 10.3. The van der Waals surface area contributed by atoms with E-state index in [1.165, 1.54) is 12.3 Å². The summed E-state index contributed by atoms with van der Waals surface area (Å²) in [6.45, 7) is 1.02. The van der Waals surface area contributed by atoms with Crippen molar-refractivity contribution in [3.05, 3.63) is 65.5 Å². The van der Waals surface area contributed by atoms with E-state index >= 15 is 0 Å². The summed E-state index contributed by atoms with van der Waals surface area (Å²) in [7, 11) is 0.